The molecular formula is C23H25ClO3. The summed E-state index contributed by atoms with van der Waals surface area (Å²) in [6, 6.07) is 11.7. The van der Waals surface area contributed by atoms with E-state index in [0.29, 0.717) is 17.4 Å². The second-order valence-corrected chi connectivity index (χ2v) is 7.89. The van der Waals surface area contributed by atoms with E-state index in [1.165, 1.54) is 12.7 Å². The topological polar surface area (TPSA) is 46.5 Å². The van der Waals surface area contributed by atoms with Crippen molar-refractivity contribution in [3.05, 3.63) is 64.7 Å². The number of carbonyl (C=O) groups excluding carboxylic acids is 1. The van der Waals surface area contributed by atoms with Crippen LogP contribution < -0.4 is 0 Å². The quantitative estimate of drug-likeness (QED) is 0.501. The van der Waals surface area contributed by atoms with Gasteiger partial charge in [-0.05, 0) is 67.3 Å². The fourth-order valence-electron chi connectivity index (χ4n) is 3.55. The Morgan fingerprint density at radius 2 is 2.00 bits per heavy atom. The van der Waals surface area contributed by atoms with Crippen LogP contribution >= 0.6 is 11.6 Å². The predicted molar refractivity (Wildman–Crippen MR) is 109 cm³/mol. The summed E-state index contributed by atoms with van der Waals surface area (Å²) in [7, 11) is 1.45. The van der Waals surface area contributed by atoms with Crippen molar-refractivity contribution in [2.24, 2.45) is 11.8 Å². The average Bonchev–Trinajstić information content (AvgIpc) is 3.42. The van der Waals surface area contributed by atoms with Gasteiger partial charge in [0.25, 0.3) is 0 Å². The van der Waals surface area contributed by atoms with E-state index in [0.717, 1.165) is 41.5 Å². The highest BCUT2D eigenvalue weighted by Gasteiger charge is 2.43. The normalized spacial score (nSPS) is 18.2. The summed E-state index contributed by atoms with van der Waals surface area (Å²) in [5.74, 6) is 0.703. The molecule has 142 valence electrons. The molecule has 1 aliphatic rings. The number of hydrogen-bond donors (Lipinski definition) is 1. The molecule has 1 N–H and O–H groups in total. The molecule has 2 atom stereocenters. The standard InChI is InChI=1S/C23H25ClO3/c1-14(2)10-18-11-19(24)13-20(22(18)25)16-7-4-15(5-8-16)6-9-17-12-21(17)23(26)27-3/h4-5,7-8,11,13,17,21,25H,1,6,9-10,12H2,2-3H3/t17-,21-/m1/s1. The van der Waals surface area contributed by atoms with Gasteiger partial charge in [0.1, 0.15) is 5.75 Å². The van der Waals surface area contributed by atoms with Gasteiger partial charge in [0.15, 0.2) is 0 Å². The van der Waals surface area contributed by atoms with Gasteiger partial charge in [-0.2, -0.15) is 0 Å². The first-order valence-electron chi connectivity index (χ1n) is 9.22. The van der Waals surface area contributed by atoms with Crippen molar-refractivity contribution in [1.82, 2.24) is 0 Å². The summed E-state index contributed by atoms with van der Waals surface area (Å²) >= 11 is 6.25. The Balaban J connectivity index is 1.70. The van der Waals surface area contributed by atoms with Crippen LogP contribution in [0, 0.1) is 11.8 Å². The molecule has 1 saturated carbocycles. The van der Waals surface area contributed by atoms with Gasteiger partial charge in [-0.15, -0.1) is 0 Å². The molecule has 0 heterocycles. The number of phenolic OH excluding ortho intramolecular Hbond substituents is 1. The minimum Gasteiger partial charge on any atom is -0.507 e. The SMILES string of the molecule is C=C(C)Cc1cc(Cl)cc(-c2ccc(CC[C@@H]3C[C@H]3C(=O)OC)cc2)c1O. The predicted octanol–water partition coefficient (Wildman–Crippen LogP) is 5.57. The molecule has 0 unspecified atom stereocenters. The summed E-state index contributed by atoms with van der Waals surface area (Å²) in [5, 5.41) is 11.2. The number of phenols is 1. The minimum absolute atomic E-state index is 0.0858. The number of aryl methyl sites for hydroxylation is 1. The Labute approximate surface area is 165 Å². The summed E-state index contributed by atoms with van der Waals surface area (Å²) in [4.78, 5) is 11.5. The van der Waals surface area contributed by atoms with E-state index in [4.69, 9.17) is 16.3 Å². The first-order valence-corrected chi connectivity index (χ1v) is 9.59. The monoisotopic (exact) mass is 384 g/mol. The van der Waals surface area contributed by atoms with Crippen molar-refractivity contribution < 1.29 is 14.6 Å². The molecule has 1 fully saturated rings. The lowest BCUT2D eigenvalue weighted by atomic mass is 9.96. The van der Waals surface area contributed by atoms with E-state index >= 15 is 0 Å². The van der Waals surface area contributed by atoms with Crippen LogP contribution in [-0.4, -0.2) is 18.2 Å². The van der Waals surface area contributed by atoms with Crippen LogP contribution in [0.1, 0.15) is 30.9 Å². The number of carbonyl (C=O) groups is 1. The number of halogens is 1. The van der Waals surface area contributed by atoms with Crippen LogP contribution in [0.2, 0.25) is 5.02 Å². The van der Waals surface area contributed by atoms with Crippen LogP contribution in [0.5, 0.6) is 5.75 Å². The molecule has 0 saturated heterocycles. The number of methoxy groups -OCH3 is 1. The first kappa shape index (κ1) is 19.5. The zero-order chi connectivity index (χ0) is 19.6. The summed E-state index contributed by atoms with van der Waals surface area (Å²) in [5.41, 5.74) is 4.65. The molecule has 0 amide bonds. The third-order valence-corrected chi connectivity index (χ3v) is 5.36. The van der Waals surface area contributed by atoms with Gasteiger partial charge in [0.05, 0.1) is 13.0 Å². The molecule has 3 nitrogen and oxygen atoms in total. The van der Waals surface area contributed by atoms with Gasteiger partial charge in [-0.25, -0.2) is 0 Å². The number of hydrogen-bond acceptors (Lipinski definition) is 3. The Bertz CT molecular complexity index is 855. The Morgan fingerprint density at radius 3 is 2.63 bits per heavy atom. The number of ether oxygens (including phenoxy) is 1. The van der Waals surface area contributed by atoms with E-state index in [2.05, 4.69) is 18.7 Å². The van der Waals surface area contributed by atoms with Gasteiger partial charge in [-0.3, -0.25) is 4.79 Å². The zero-order valence-electron chi connectivity index (χ0n) is 15.8. The van der Waals surface area contributed by atoms with E-state index in [9.17, 15) is 9.90 Å². The van der Waals surface area contributed by atoms with Gasteiger partial charge < -0.3 is 9.84 Å². The number of rotatable bonds is 7. The van der Waals surface area contributed by atoms with Gasteiger partial charge in [0.2, 0.25) is 0 Å². The summed E-state index contributed by atoms with van der Waals surface area (Å²) < 4.78 is 4.80. The van der Waals surface area contributed by atoms with E-state index < -0.39 is 0 Å². The maximum Gasteiger partial charge on any atom is 0.308 e. The highest BCUT2D eigenvalue weighted by molar-refractivity contribution is 6.31. The highest BCUT2D eigenvalue weighted by atomic mass is 35.5. The molecule has 3 rings (SSSR count). The summed E-state index contributed by atoms with van der Waals surface area (Å²) in [6.07, 6.45) is 3.46. The number of allylic oxidation sites excluding steroid dienone is 1. The lowest BCUT2D eigenvalue weighted by molar-refractivity contribution is -0.142. The lowest BCUT2D eigenvalue weighted by Gasteiger charge is -2.12. The third-order valence-electron chi connectivity index (χ3n) is 5.14. The van der Waals surface area contributed by atoms with Gasteiger partial charge >= 0.3 is 5.97 Å². The van der Waals surface area contributed by atoms with Crippen molar-refractivity contribution in [3.63, 3.8) is 0 Å². The molecule has 0 aliphatic heterocycles. The maximum absolute atomic E-state index is 11.5. The molecule has 0 aromatic heterocycles. The van der Waals surface area contributed by atoms with Crippen LogP contribution in [0.25, 0.3) is 11.1 Å². The smallest absolute Gasteiger partial charge is 0.308 e. The Morgan fingerprint density at radius 1 is 1.30 bits per heavy atom. The molecule has 0 spiro atoms. The molecular weight excluding hydrogens is 360 g/mol. The fourth-order valence-corrected chi connectivity index (χ4v) is 3.79. The van der Waals surface area contributed by atoms with Crippen LogP contribution in [0.3, 0.4) is 0 Å². The summed E-state index contributed by atoms with van der Waals surface area (Å²) in [6.45, 7) is 5.84. The molecule has 1 aliphatic carbocycles. The number of benzene rings is 2. The second kappa shape index (κ2) is 8.18. The highest BCUT2D eigenvalue weighted by Crippen LogP contribution is 2.43. The Kier molecular flexibility index (Phi) is 5.91. The number of esters is 1. The molecule has 27 heavy (non-hydrogen) atoms. The molecule has 0 bridgehead atoms. The molecule has 4 heteroatoms. The van der Waals surface area contributed by atoms with Gasteiger partial charge in [-0.1, -0.05) is 48.0 Å². The van der Waals surface area contributed by atoms with Gasteiger partial charge in [0, 0.05) is 10.6 Å². The number of aromatic hydroxyl groups is 1. The molecule has 0 radical (unpaired) electrons. The van der Waals surface area contributed by atoms with Crippen molar-refractivity contribution >= 4 is 17.6 Å². The van der Waals surface area contributed by atoms with Crippen molar-refractivity contribution in [2.75, 3.05) is 7.11 Å². The maximum atomic E-state index is 11.5. The van der Waals surface area contributed by atoms with Crippen LogP contribution in [0.4, 0.5) is 0 Å². The van der Waals surface area contributed by atoms with Crippen LogP contribution in [-0.2, 0) is 22.4 Å². The zero-order valence-corrected chi connectivity index (χ0v) is 16.6. The van der Waals surface area contributed by atoms with Crippen molar-refractivity contribution in [2.45, 2.75) is 32.6 Å². The third kappa shape index (κ3) is 4.72. The largest absolute Gasteiger partial charge is 0.507 e. The van der Waals surface area contributed by atoms with Crippen molar-refractivity contribution in [1.29, 1.82) is 0 Å². The average molecular weight is 385 g/mol. The lowest BCUT2D eigenvalue weighted by Crippen LogP contribution is -2.04. The molecule has 2 aromatic rings. The minimum atomic E-state index is -0.0858. The fraction of sp³-hybridized carbons (Fsp3) is 0.348. The van der Waals surface area contributed by atoms with Crippen molar-refractivity contribution in [3.8, 4) is 16.9 Å². The molecule has 2 aromatic carbocycles. The second-order valence-electron chi connectivity index (χ2n) is 7.46. The van der Waals surface area contributed by atoms with E-state index in [-0.39, 0.29) is 17.6 Å². The van der Waals surface area contributed by atoms with Crippen LogP contribution in [0.15, 0.2) is 48.6 Å². The first-order chi connectivity index (χ1) is 12.9. The van der Waals surface area contributed by atoms with E-state index in [1.54, 1.807) is 12.1 Å². The Hall–Kier alpha value is -2.26. The van der Waals surface area contributed by atoms with E-state index in [1.807, 2.05) is 19.1 Å².